The summed E-state index contributed by atoms with van der Waals surface area (Å²) in [6.45, 7) is 0. The standard InChI is InChI=1S/C21H18N4O6/c22-25-20(14-5-2-11(27)8-17(14)30)23-19(13-4-1-10(26)7-16(13)29)24-21(25)15-6-3-12(28)9-18(15)31/h1-9,20,26-31H,22H2. The Morgan fingerprint density at radius 2 is 1.19 bits per heavy atom. The topological polar surface area (TPSA) is 175 Å². The van der Waals surface area contributed by atoms with Crippen LogP contribution in [0, 0.1) is 0 Å². The summed E-state index contributed by atoms with van der Waals surface area (Å²) < 4.78 is 0. The highest BCUT2D eigenvalue weighted by molar-refractivity contribution is 6.14. The molecule has 1 atom stereocenters. The van der Waals surface area contributed by atoms with Crippen LogP contribution >= 0.6 is 0 Å². The number of hydrogen-bond acceptors (Lipinski definition) is 10. The van der Waals surface area contributed by atoms with Gasteiger partial charge < -0.3 is 30.6 Å². The molecule has 0 fully saturated rings. The van der Waals surface area contributed by atoms with Crippen LogP contribution in [0.15, 0.2) is 64.6 Å². The van der Waals surface area contributed by atoms with E-state index in [9.17, 15) is 30.6 Å². The van der Waals surface area contributed by atoms with E-state index in [4.69, 9.17) is 5.84 Å². The van der Waals surface area contributed by atoms with Gasteiger partial charge in [0.05, 0.1) is 11.1 Å². The maximum Gasteiger partial charge on any atom is 0.168 e. The highest BCUT2D eigenvalue weighted by atomic mass is 16.3. The third-order valence-corrected chi connectivity index (χ3v) is 4.70. The van der Waals surface area contributed by atoms with E-state index in [-0.39, 0.29) is 62.9 Å². The largest absolute Gasteiger partial charge is 0.508 e. The average Bonchev–Trinajstić information content (AvgIpc) is 2.69. The number of nitrogens with two attached hydrogens (primary N) is 1. The molecule has 0 amide bonds. The number of hydrogen-bond donors (Lipinski definition) is 7. The Bertz CT molecular complexity index is 1240. The molecule has 158 valence electrons. The normalized spacial score (nSPS) is 16.0. The molecule has 10 heteroatoms. The number of hydrazine groups is 1. The van der Waals surface area contributed by atoms with Crippen molar-refractivity contribution in [2.24, 2.45) is 15.8 Å². The van der Waals surface area contributed by atoms with Crippen molar-refractivity contribution in [1.82, 2.24) is 5.01 Å². The van der Waals surface area contributed by atoms with Crippen molar-refractivity contribution in [3.63, 3.8) is 0 Å². The fourth-order valence-electron chi connectivity index (χ4n) is 3.20. The third kappa shape index (κ3) is 3.63. The highest BCUT2D eigenvalue weighted by Gasteiger charge is 2.31. The Morgan fingerprint density at radius 3 is 1.74 bits per heavy atom. The first-order valence-corrected chi connectivity index (χ1v) is 9.01. The van der Waals surface area contributed by atoms with Crippen molar-refractivity contribution in [2.45, 2.75) is 6.17 Å². The monoisotopic (exact) mass is 422 g/mol. The van der Waals surface area contributed by atoms with Gasteiger partial charge in [0, 0.05) is 23.8 Å². The van der Waals surface area contributed by atoms with Crippen LogP contribution in [-0.2, 0) is 0 Å². The summed E-state index contributed by atoms with van der Waals surface area (Å²) in [4.78, 5) is 8.78. The van der Waals surface area contributed by atoms with Crippen molar-refractivity contribution >= 4 is 11.7 Å². The minimum atomic E-state index is -1.05. The van der Waals surface area contributed by atoms with Crippen LogP contribution in [0.5, 0.6) is 34.5 Å². The molecule has 0 radical (unpaired) electrons. The Hall–Kier alpha value is -4.44. The summed E-state index contributed by atoms with van der Waals surface area (Å²) in [7, 11) is 0. The van der Waals surface area contributed by atoms with E-state index in [1.54, 1.807) is 0 Å². The van der Waals surface area contributed by atoms with Gasteiger partial charge in [-0.2, -0.15) is 0 Å². The zero-order chi connectivity index (χ0) is 22.3. The van der Waals surface area contributed by atoms with E-state index in [0.717, 1.165) is 23.2 Å². The van der Waals surface area contributed by atoms with Gasteiger partial charge in [0.15, 0.2) is 17.8 Å². The van der Waals surface area contributed by atoms with Crippen molar-refractivity contribution in [2.75, 3.05) is 0 Å². The summed E-state index contributed by atoms with van der Waals surface area (Å²) in [5.74, 6) is 4.92. The summed E-state index contributed by atoms with van der Waals surface area (Å²) in [6.07, 6.45) is -1.05. The van der Waals surface area contributed by atoms with Gasteiger partial charge in [-0.25, -0.2) is 15.8 Å². The van der Waals surface area contributed by atoms with Crippen LogP contribution in [0.3, 0.4) is 0 Å². The second kappa shape index (κ2) is 7.43. The SMILES string of the molecule is NN1C(c2ccc(O)cc2O)=NC(c2ccc(O)cc2O)=NC1c1ccc(O)cc1O. The van der Waals surface area contributed by atoms with Crippen LogP contribution in [0.4, 0.5) is 0 Å². The average molecular weight is 422 g/mol. The van der Waals surface area contributed by atoms with Crippen molar-refractivity contribution in [3.8, 4) is 34.5 Å². The predicted molar refractivity (Wildman–Crippen MR) is 111 cm³/mol. The molecule has 0 saturated heterocycles. The minimum Gasteiger partial charge on any atom is -0.508 e. The Balaban J connectivity index is 1.92. The van der Waals surface area contributed by atoms with Crippen molar-refractivity contribution < 1.29 is 30.6 Å². The summed E-state index contributed by atoms with van der Waals surface area (Å²) >= 11 is 0. The second-order valence-electron chi connectivity index (χ2n) is 6.82. The lowest BCUT2D eigenvalue weighted by Gasteiger charge is -2.32. The number of phenols is 6. The minimum absolute atomic E-state index is 0.0131. The molecule has 31 heavy (non-hydrogen) atoms. The Labute approximate surface area is 175 Å². The first-order chi connectivity index (χ1) is 14.7. The molecule has 1 aliphatic rings. The summed E-state index contributed by atoms with van der Waals surface area (Å²) in [5.41, 5.74) is 0.556. The van der Waals surface area contributed by atoms with Crippen LogP contribution < -0.4 is 5.84 Å². The van der Waals surface area contributed by atoms with E-state index < -0.39 is 6.17 Å². The molecule has 0 aromatic heterocycles. The lowest BCUT2D eigenvalue weighted by atomic mass is 10.1. The van der Waals surface area contributed by atoms with Crippen molar-refractivity contribution in [3.05, 3.63) is 71.3 Å². The number of aromatic hydroxyl groups is 6. The maximum atomic E-state index is 10.3. The molecule has 3 aromatic carbocycles. The van der Waals surface area contributed by atoms with Gasteiger partial charge in [0.1, 0.15) is 34.5 Å². The fraction of sp³-hybridized carbons (Fsp3) is 0.0476. The van der Waals surface area contributed by atoms with Gasteiger partial charge in [-0.1, -0.05) is 0 Å². The van der Waals surface area contributed by atoms with Gasteiger partial charge in [-0.3, -0.25) is 5.01 Å². The molecule has 1 unspecified atom stereocenters. The number of rotatable bonds is 3. The Morgan fingerprint density at radius 1 is 0.677 bits per heavy atom. The molecule has 3 aromatic rings. The smallest absolute Gasteiger partial charge is 0.168 e. The lowest BCUT2D eigenvalue weighted by Crippen LogP contribution is -2.43. The van der Waals surface area contributed by atoms with Gasteiger partial charge in [0.25, 0.3) is 0 Å². The number of benzene rings is 3. The molecule has 8 N–H and O–H groups in total. The van der Waals surface area contributed by atoms with Crippen LogP contribution in [0.1, 0.15) is 22.9 Å². The number of nitrogens with zero attached hydrogens (tertiary/aromatic N) is 3. The first kappa shape index (κ1) is 19.9. The van der Waals surface area contributed by atoms with Gasteiger partial charge in [-0.15, -0.1) is 0 Å². The molecular formula is C21H18N4O6. The lowest BCUT2D eigenvalue weighted by molar-refractivity contribution is 0.320. The third-order valence-electron chi connectivity index (χ3n) is 4.70. The quantitative estimate of drug-likeness (QED) is 0.314. The van der Waals surface area contributed by atoms with Gasteiger partial charge in [-0.05, 0) is 36.4 Å². The van der Waals surface area contributed by atoms with Gasteiger partial charge >= 0.3 is 0 Å². The van der Waals surface area contributed by atoms with E-state index in [1.165, 1.54) is 36.4 Å². The highest BCUT2D eigenvalue weighted by Crippen LogP contribution is 2.37. The van der Waals surface area contributed by atoms with Crippen LogP contribution in [0.25, 0.3) is 0 Å². The Kier molecular flexibility index (Phi) is 4.76. The number of amidine groups is 2. The molecule has 1 heterocycles. The van der Waals surface area contributed by atoms with Gasteiger partial charge in [0.2, 0.25) is 0 Å². The second-order valence-corrected chi connectivity index (χ2v) is 6.82. The zero-order valence-corrected chi connectivity index (χ0v) is 15.9. The molecule has 0 bridgehead atoms. The van der Waals surface area contributed by atoms with E-state index >= 15 is 0 Å². The van der Waals surface area contributed by atoms with Crippen LogP contribution in [0.2, 0.25) is 0 Å². The zero-order valence-electron chi connectivity index (χ0n) is 15.9. The van der Waals surface area contributed by atoms with E-state index in [2.05, 4.69) is 9.98 Å². The summed E-state index contributed by atoms with van der Waals surface area (Å²) in [5, 5.41) is 60.9. The molecule has 0 saturated carbocycles. The molecule has 0 spiro atoms. The predicted octanol–water partition coefficient (Wildman–Crippen LogP) is 2.00. The first-order valence-electron chi connectivity index (χ1n) is 9.01. The molecule has 1 aliphatic heterocycles. The fourth-order valence-corrected chi connectivity index (χ4v) is 3.20. The van der Waals surface area contributed by atoms with Crippen LogP contribution in [-0.4, -0.2) is 47.3 Å². The molecule has 4 rings (SSSR count). The number of phenolic OH excluding ortho intramolecular Hbond substituents is 6. The molecule has 10 nitrogen and oxygen atoms in total. The number of aliphatic imine (C=N–C) groups is 2. The van der Waals surface area contributed by atoms with Crippen molar-refractivity contribution in [1.29, 1.82) is 0 Å². The summed E-state index contributed by atoms with van der Waals surface area (Å²) in [6, 6.07) is 11.6. The molecular weight excluding hydrogens is 404 g/mol. The van der Waals surface area contributed by atoms with E-state index in [0.29, 0.717) is 0 Å². The maximum absolute atomic E-state index is 10.3. The molecule has 0 aliphatic carbocycles. The van der Waals surface area contributed by atoms with E-state index in [1.807, 2.05) is 0 Å².